The minimum Gasteiger partial charge on any atom is -0.383 e. The molecular weight excluding hydrogens is 250 g/mol. The SMILES string of the molecule is OC1(c2ccc(Br)cn2)CCSC1. The first kappa shape index (κ1) is 9.49. The fraction of sp³-hybridized carbons (Fsp3) is 0.444. The summed E-state index contributed by atoms with van der Waals surface area (Å²) < 4.78 is 0.950. The molecule has 1 aliphatic heterocycles. The highest BCUT2D eigenvalue weighted by atomic mass is 79.9. The number of rotatable bonds is 1. The van der Waals surface area contributed by atoms with Crippen LogP contribution in [0.2, 0.25) is 0 Å². The van der Waals surface area contributed by atoms with Crippen LogP contribution in [0.1, 0.15) is 12.1 Å². The fourth-order valence-corrected chi connectivity index (χ4v) is 2.90. The van der Waals surface area contributed by atoms with E-state index in [2.05, 4.69) is 20.9 Å². The van der Waals surface area contributed by atoms with Crippen molar-refractivity contribution < 1.29 is 5.11 Å². The van der Waals surface area contributed by atoms with Gasteiger partial charge in [0.2, 0.25) is 0 Å². The molecule has 1 atom stereocenters. The Balaban J connectivity index is 2.29. The van der Waals surface area contributed by atoms with Gasteiger partial charge in [0.15, 0.2) is 0 Å². The quantitative estimate of drug-likeness (QED) is 0.840. The molecule has 2 nitrogen and oxygen atoms in total. The monoisotopic (exact) mass is 259 g/mol. The second-order valence-electron chi connectivity index (χ2n) is 3.20. The van der Waals surface area contributed by atoms with Gasteiger partial charge in [-0.1, -0.05) is 0 Å². The Labute approximate surface area is 89.9 Å². The number of hydrogen-bond donors (Lipinski definition) is 1. The number of thioether (sulfide) groups is 1. The van der Waals surface area contributed by atoms with E-state index in [1.165, 1.54) is 0 Å². The molecule has 0 radical (unpaired) electrons. The molecule has 0 bridgehead atoms. The Kier molecular flexibility index (Phi) is 2.62. The average molecular weight is 260 g/mol. The first-order valence-electron chi connectivity index (χ1n) is 4.13. The summed E-state index contributed by atoms with van der Waals surface area (Å²) in [6.45, 7) is 0. The lowest BCUT2D eigenvalue weighted by Gasteiger charge is -2.20. The molecule has 2 heterocycles. The van der Waals surface area contributed by atoms with Crippen LogP contribution in [0.15, 0.2) is 22.8 Å². The summed E-state index contributed by atoms with van der Waals surface area (Å²) in [4.78, 5) is 4.22. The number of aliphatic hydroxyl groups is 1. The van der Waals surface area contributed by atoms with E-state index in [-0.39, 0.29) is 0 Å². The van der Waals surface area contributed by atoms with Crippen LogP contribution >= 0.6 is 27.7 Å². The Morgan fingerprint density at radius 1 is 1.54 bits per heavy atom. The summed E-state index contributed by atoms with van der Waals surface area (Å²) in [5.74, 6) is 1.79. The van der Waals surface area contributed by atoms with E-state index < -0.39 is 5.60 Å². The minimum absolute atomic E-state index is 0.689. The third-order valence-corrected chi connectivity index (χ3v) is 3.85. The highest BCUT2D eigenvalue weighted by Crippen LogP contribution is 2.35. The maximum atomic E-state index is 10.2. The number of nitrogens with zero attached hydrogens (tertiary/aromatic N) is 1. The molecular formula is C9H10BrNOS. The van der Waals surface area contributed by atoms with E-state index in [4.69, 9.17) is 0 Å². The normalized spacial score (nSPS) is 27.8. The Hall–Kier alpha value is -0.0600. The molecule has 0 amide bonds. The van der Waals surface area contributed by atoms with E-state index in [1.54, 1.807) is 18.0 Å². The molecule has 0 aromatic carbocycles. The Bertz CT molecular complexity index is 295. The lowest BCUT2D eigenvalue weighted by molar-refractivity contribution is 0.0611. The number of aromatic nitrogens is 1. The third kappa shape index (κ3) is 1.90. The van der Waals surface area contributed by atoms with Crippen molar-refractivity contribution in [1.82, 2.24) is 4.98 Å². The van der Waals surface area contributed by atoms with Gasteiger partial charge in [-0.2, -0.15) is 11.8 Å². The minimum atomic E-state index is -0.689. The molecule has 1 N–H and O–H groups in total. The number of pyridine rings is 1. The van der Waals surface area contributed by atoms with Gasteiger partial charge in [0.1, 0.15) is 5.60 Å². The van der Waals surface area contributed by atoms with Crippen molar-refractivity contribution in [3.8, 4) is 0 Å². The standard InChI is InChI=1S/C9H10BrNOS/c10-7-1-2-8(11-5-7)9(12)3-4-13-6-9/h1-2,5,12H,3-4,6H2. The molecule has 1 aromatic rings. The van der Waals surface area contributed by atoms with Crippen LogP contribution in [0.5, 0.6) is 0 Å². The van der Waals surface area contributed by atoms with Crippen molar-refractivity contribution in [3.63, 3.8) is 0 Å². The van der Waals surface area contributed by atoms with Crippen LogP contribution in [0.4, 0.5) is 0 Å². The van der Waals surface area contributed by atoms with E-state index in [1.807, 2.05) is 12.1 Å². The van der Waals surface area contributed by atoms with Crippen LogP contribution in [-0.4, -0.2) is 21.6 Å². The Morgan fingerprint density at radius 2 is 2.38 bits per heavy atom. The zero-order valence-corrected chi connectivity index (χ0v) is 9.44. The molecule has 1 aromatic heterocycles. The smallest absolute Gasteiger partial charge is 0.116 e. The Morgan fingerprint density at radius 3 is 2.92 bits per heavy atom. The number of hydrogen-bond acceptors (Lipinski definition) is 3. The van der Waals surface area contributed by atoms with Gasteiger partial charge in [-0.3, -0.25) is 4.98 Å². The van der Waals surface area contributed by atoms with Crippen molar-refractivity contribution in [2.75, 3.05) is 11.5 Å². The zero-order chi connectivity index (χ0) is 9.31. The second-order valence-corrected chi connectivity index (χ2v) is 5.22. The van der Waals surface area contributed by atoms with Crippen LogP contribution in [0.3, 0.4) is 0 Å². The van der Waals surface area contributed by atoms with E-state index in [9.17, 15) is 5.11 Å². The van der Waals surface area contributed by atoms with Gasteiger partial charge >= 0.3 is 0 Å². The molecule has 0 spiro atoms. The lowest BCUT2D eigenvalue weighted by Crippen LogP contribution is -2.25. The van der Waals surface area contributed by atoms with E-state index in [0.717, 1.165) is 28.1 Å². The van der Waals surface area contributed by atoms with Crippen LogP contribution in [0, 0.1) is 0 Å². The first-order valence-corrected chi connectivity index (χ1v) is 6.08. The summed E-state index contributed by atoms with van der Waals surface area (Å²) in [6.07, 6.45) is 2.54. The van der Waals surface area contributed by atoms with Gasteiger partial charge in [-0.25, -0.2) is 0 Å². The lowest BCUT2D eigenvalue weighted by atomic mass is 9.99. The van der Waals surface area contributed by atoms with Crippen molar-refractivity contribution >= 4 is 27.7 Å². The zero-order valence-electron chi connectivity index (χ0n) is 7.03. The molecule has 4 heteroatoms. The summed E-state index contributed by atoms with van der Waals surface area (Å²) in [5.41, 5.74) is 0.103. The van der Waals surface area contributed by atoms with Crippen LogP contribution < -0.4 is 0 Å². The fourth-order valence-electron chi connectivity index (χ4n) is 1.41. The largest absolute Gasteiger partial charge is 0.383 e. The summed E-state index contributed by atoms with van der Waals surface area (Å²) in [5, 5.41) is 10.2. The first-order chi connectivity index (χ1) is 6.21. The molecule has 1 unspecified atom stereocenters. The van der Waals surface area contributed by atoms with Crippen molar-refractivity contribution in [3.05, 3.63) is 28.5 Å². The highest BCUT2D eigenvalue weighted by molar-refractivity contribution is 9.10. The predicted octanol–water partition coefficient (Wildman–Crippen LogP) is 2.17. The van der Waals surface area contributed by atoms with Gasteiger partial charge in [-0.15, -0.1) is 0 Å². The van der Waals surface area contributed by atoms with Crippen molar-refractivity contribution in [1.29, 1.82) is 0 Å². The summed E-state index contributed by atoms with van der Waals surface area (Å²) in [6, 6.07) is 3.80. The number of halogens is 1. The predicted molar refractivity (Wildman–Crippen MR) is 57.8 cm³/mol. The molecule has 1 aliphatic rings. The summed E-state index contributed by atoms with van der Waals surface area (Å²) in [7, 11) is 0. The van der Waals surface area contributed by atoms with Crippen molar-refractivity contribution in [2.24, 2.45) is 0 Å². The van der Waals surface area contributed by atoms with Crippen LogP contribution in [-0.2, 0) is 5.60 Å². The molecule has 1 fully saturated rings. The van der Waals surface area contributed by atoms with Gasteiger partial charge < -0.3 is 5.11 Å². The molecule has 1 saturated heterocycles. The maximum absolute atomic E-state index is 10.2. The van der Waals surface area contributed by atoms with E-state index >= 15 is 0 Å². The highest BCUT2D eigenvalue weighted by Gasteiger charge is 2.34. The molecule has 70 valence electrons. The van der Waals surface area contributed by atoms with Crippen molar-refractivity contribution in [2.45, 2.75) is 12.0 Å². The topological polar surface area (TPSA) is 33.1 Å². The summed E-state index contributed by atoms with van der Waals surface area (Å²) >= 11 is 5.10. The van der Waals surface area contributed by atoms with E-state index in [0.29, 0.717) is 0 Å². The van der Waals surface area contributed by atoms with Gasteiger partial charge in [0, 0.05) is 16.4 Å². The average Bonchev–Trinajstić information content (AvgIpc) is 2.54. The second kappa shape index (κ2) is 3.59. The third-order valence-electron chi connectivity index (χ3n) is 2.20. The maximum Gasteiger partial charge on any atom is 0.116 e. The molecule has 0 aliphatic carbocycles. The molecule has 2 rings (SSSR count). The van der Waals surface area contributed by atoms with Gasteiger partial charge in [0.25, 0.3) is 0 Å². The van der Waals surface area contributed by atoms with Gasteiger partial charge in [0.05, 0.1) is 5.69 Å². The van der Waals surface area contributed by atoms with Crippen LogP contribution in [0.25, 0.3) is 0 Å². The molecule has 0 saturated carbocycles. The molecule has 13 heavy (non-hydrogen) atoms. The van der Waals surface area contributed by atoms with Gasteiger partial charge in [-0.05, 0) is 40.2 Å².